The Kier molecular flexibility index (Phi) is 12.8. The Morgan fingerprint density at radius 2 is 1.17 bits per heavy atom. The zero-order valence-electron chi connectivity index (χ0n) is 17.7. The number of hydrogen-bond acceptors (Lipinski definition) is 4. The van der Waals surface area contributed by atoms with Gasteiger partial charge in [0.15, 0.2) is 0 Å². The SMILES string of the molecule is CCCCCCCCCCCc1ccc(Oc2ccc(S(=O)(=O)[O-])cc2)cc1.[Na+]. The van der Waals surface area contributed by atoms with Gasteiger partial charge in [-0.3, -0.25) is 0 Å². The molecule has 0 aliphatic carbocycles. The fourth-order valence-corrected chi connectivity index (χ4v) is 3.64. The molecule has 2 rings (SSSR count). The van der Waals surface area contributed by atoms with Gasteiger partial charge in [0, 0.05) is 0 Å². The van der Waals surface area contributed by atoms with Gasteiger partial charge < -0.3 is 9.29 Å². The molecular weight excluding hydrogens is 395 g/mol. The van der Waals surface area contributed by atoms with Crippen molar-refractivity contribution in [3.05, 3.63) is 54.1 Å². The number of aryl methyl sites for hydroxylation is 1. The van der Waals surface area contributed by atoms with Gasteiger partial charge in [0.25, 0.3) is 0 Å². The van der Waals surface area contributed by atoms with E-state index < -0.39 is 10.1 Å². The minimum absolute atomic E-state index is 0. The second-order valence-electron chi connectivity index (χ2n) is 7.25. The molecule has 0 saturated carbocycles. The molecule has 0 aliphatic rings. The van der Waals surface area contributed by atoms with Crippen LogP contribution in [0.3, 0.4) is 0 Å². The van der Waals surface area contributed by atoms with Gasteiger partial charge in [0.1, 0.15) is 21.6 Å². The number of benzene rings is 2. The molecule has 0 bridgehead atoms. The normalized spacial score (nSPS) is 11.1. The van der Waals surface area contributed by atoms with Gasteiger partial charge in [-0.2, -0.15) is 0 Å². The van der Waals surface area contributed by atoms with Crippen molar-refractivity contribution < 1.29 is 47.3 Å². The molecule has 0 amide bonds. The Labute approximate surface area is 198 Å². The van der Waals surface area contributed by atoms with E-state index in [1.165, 1.54) is 87.6 Å². The van der Waals surface area contributed by atoms with Crippen LogP contribution >= 0.6 is 0 Å². The van der Waals surface area contributed by atoms with E-state index in [1.54, 1.807) is 0 Å². The standard InChI is InChI=1S/C23H32O4S.Na/c1-2-3-4-5-6-7-8-9-10-11-20-12-14-21(15-13-20)27-22-16-18-23(19-17-22)28(24,25)26;/h12-19H,2-11H2,1H3,(H,24,25,26);/q;+1/p-1. The molecule has 0 N–H and O–H groups in total. The van der Waals surface area contributed by atoms with Crippen LogP contribution in [0, 0.1) is 0 Å². The van der Waals surface area contributed by atoms with Crippen molar-refractivity contribution >= 4 is 10.1 Å². The molecule has 0 unspecified atom stereocenters. The molecule has 0 heterocycles. The third-order valence-electron chi connectivity index (χ3n) is 4.84. The van der Waals surface area contributed by atoms with Crippen LogP contribution < -0.4 is 34.3 Å². The van der Waals surface area contributed by atoms with Crippen molar-refractivity contribution in [3.63, 3.8) is 0 Å². The molecule has 0 fully saturated rings. The summed E-state index contributed by atoms with van der Waals surface area (Å²) in [6, 6.07) is 13.5. The molecule has 0 aliphatic heterocycles. The van der Waals surface area contributed by atoms with Gasteiger partial charge in [-0.15, -0.1) is 0 Å². The van der Waals surface area contributed by atoms with Crippen LogP contribution in [0.2, 0.25) is 0 Å². The zero-order chi connectivity index (χ0) is 20.2. The molecule has 29 heavy (non-hydrogen) atoms. The van der Waals surface area contributed by atoms with Gasteiger partial charge in [-0.05, 0) is 54.8 Å². The summed E-state index contributed by atoms with van der Waals surface area (Å²) in [6.07, 6.45) is 13.0. The van der Waals surface area contributed by atoms with E-state index in [9.17, 15) is 13.0 Å². The van der Waals surface area contributed by atoms with Crippen LogP contribution in [0.25, 0.3) is 0 Å². The first-order valence-corrected chi connectivity index (χ1v) is 11.7. The molecule has 0 spiro atoms. The Hall–Kier alpha value is -0.850. The van der Waals surface area contributed by atoms with Crippen molar-refractivity contribution in [2.24, 2.45) is 0 Å². The molecule has 6 heteroatoms. The molecule has 0 aromatic heterocycles. The van der Waals surface area contributed by atoms with E-state index in [4.69, 9.17) is 4.74 Å². The topological polar surface area (TPSA) is 66.4 Å². The van der Waals surface area contributed by atoms with Gasteiger partial charge in [-0.25, -0.2) is 8.42 Å². The van der Waals surface area contributed by atoms with Crippen LogP contribution in [-0.4, -0.2) is 13.0 Å². The van der Waals surface area contributed by atoms with Gasteiger partial charge in [0.05, 0.1) is 4.90 Å². The van der Waals surface area contributed by atoms with E-state index >= 15 is 0 Å². The molecular formula is C23H31NaO4S. The predicted octanol–water partition coefficient (Wildman–Crippen LogP) is 3.46. The third kappa shape index (κ3) is 10.7. The van der Waals surface area contributed by atoms with Crippen molar-refractivity contribution in [3.8, 4) is 11.5 Å². The van der Waals surface area contributed by atoms with E-state index in [0.717, 1.165) is 6.42 Å². The fraction of sp³-hybridized carbons (Fsp3) is 0.478. The van der Waals surface area contributed by atoms with Crippen LogP contribution in [-0.2, 0) is 16.5 Å². The Balaban J connectivity index is 0.00000420. The molecule has 0 saturated heterocycles. The summed E-state index contributed by atoms with van der Waals surface area (Å²) in [6.45, 7) is 2.25. The van der Waals surface area contributed by atoms with Crippen LogP contribution in [0.1, 0.15) is 70.3 Å². The first-order valence-electron chi connectivity index (χ1n) is 10.3. The average molecular weight is 427 g/mol. The summed E-state index contributed by atoms with van der Waals surface area (Å²) in [5, 5.41) is 0. The zero-order valence-corrected chi connectivity index (χ0v) is 20.5. The molecule has 2 aromatic carbocycles. The van der Waals surface area contributed by atoms with E-state index in [2.05, 4.69) is 19.1 Å². The predicted molar refractivity (Wildman–Crippen MR) is 112 cm³/mol. The summed E-state index contributed by atoms with van der Waals surface area (Å²) in [4.78, 5) is -0.254. The van der Waals surface area contributed by atoms with Crippen molar-refractivity contribution in [1.82, 2.24) is 0 Å². The minimum atomic E-state index is -4.42. The van der Waals surface area contributed by atoms with Crippen LogP contribution in [0.5, 0.6) is 11.5 Å². The average Bonchev–Trinajstić information content (AvgIpc) is 2.68. The maximum absolute atomic E-state index is 10.9. The summed E-state index contributed by atoms with van der Waals surface area (Å²) >= 11 is 0. The van der Waals surface area contributed by atoms with Crippen molar-refractivity contribution in [2.75, 3.05) is 0 Å². The van der Waals surface area contributed by atoms with Gasteiger partial charge in [0.2, 0.25) is 0 Å². The number of hydrogen-bond donors (Lipinski definition) is 0. The molecule has 4 nitrogen and oxygen atoms in total. The van der Waals surface area contributed by atoms with E-state index in [0.29, 0.717) is 11.5 Å². The summed E-state index contributed by atoms with van der Waals surface area (Å²) in [5.41, 5.74) is 1.29. The van der Waals surface area contributed by atoms with Crippen molar-refractivity contribution in [1.29, 1.82) is 0 Å². The number of unbranched alkanes of at least 4 members (excludes halogenated alkanes) is 8. The quantitative estimate of drug-likeness (QED) is 0.279. The summed E-state index contributed by atoms with van der Waals surface area (Å²) < 4.78 is 38.5. The molecule has 0 radical (unpaired) electrons. The minimum Gasteiger partial charge on any atom is -0.744 e. The monoisotopic (exact) mass is 426 g/mol. The molecule has 0 atom stereocenters. The first-order chi connectivity index (χ1) is 13.5. The van der Waals surface area contributed by atoms with Gasteiger partial charge >= 0.3 is 29.6 Å². The Morgan fingerprint density at radius 3 is 1.66 bits per heavy atom. The van der Waals surface area contributed by atoms with Gasteiger partial charge in [-0.1, -0.05) is 70.4 Å². The molecule has 154 valence electrons. The second kappa shape index (κ2) is 14.2. The van der Waals surface area contributed by atoms with Crippen LogP contribution in [0.4, 0.5) is 0 Å². The fourth-order valence-electron chi connectivity index (χ4n) is 3.17. The largest absolute Gasteiger partial charge is 1.00 e. The Morgan fingerprint density at radius 1 is 0.724 bits per heavy atom. The van der Waals surface area contributed by atoms with E-state index in [1.807, 2.05) is 12.1 Å². The first kappa shape index (κ1) is 26.2. The second-order valence-corrected chi connectivity index (χ2v) is 8.63. The summed E-state index contributed by atoms with van der Waals surface area (Å²) in [5.74, 6) is 1.19. The summed E-state index contributed by atoms with van der Waals surface area (Å²) in [7, 11) is -4.42. The third-order valence-corrected chi connectivity index (χ3v) is 5.69. The maximum Gasteiger partial charge on any atom is 1.00 e. The number of rotatable bonds is 13. The molecule has 2 aromatic rings. The maximum atomic E-state index is 10.9. The van der Waals surface area contributed by atoms with E-state index in [-0.39, 0.29) is 34.5 Å². The number of ether oxygens (including phenoxy) is 1. The Bertz CT molecular complexity index is 787. The smallest absolute Gasteiger partial charge is 0.744 e. The van der Waals surface area contributed by atoms with Crippen LogP contribution in [0.15, 0.2) is 53.4 Å². The van der Waals surface area contributed by atoms with Crippen molar-refractivity contribution in [2.45, 2.75) is 76.0 Å².